The summed E-state index contributed by atoms with van der Waals surface area (Å²) in [5, 5.41) is 12.7. The van der Waals surface area contributed by atoms with Crippen molar-refractivity contribution in [3.63, 3.8) is 0 Å². The predicted molar refractivity (Wildman–Crippen MR) is 88.6 cm³/mol. The van der Waals surface area contributed by atoms with Crippen molar-refractivity contribution in [2.45, 2.75) is 6.54 Å². The van der Waals surface area contributed by atoms with Crippen molar-refractivity contribution in [3.05, 3.63) is 47.0 Å². The average molecular weight is 332 g/mol. The molecule has 2 aliphatic heterocycles. The Hall–Kier alpha value is -1.62. The molecule has 2 fully saturated rings. The van der Waals surface area contributed by atoms with Gasteiger partial charge in [0, 0.05) is 30.6 Å². The molecule has 1 N–H and O–H groups in total. The van der Waals surface area contributed by atoms with E-state index in [1.165, 1.54) is 5.39 Å². The standard InChI is InChI=1S/C18H18ClNO3/c19-15-5-12-3-1-2-4-16(12)13(6-15)7-20-8-14-9-23-11-18(14,10-20)17(21)22/h1-6,14H,7-11H2,(H,21,22)/t14-,18-/m1/s1. The van der Waals surface area contributed by atoms with E-state index < -0.39 is 11.4 Å². The molecule has 2 atom stereocenters. The Balaban J connectivity index is 1.64. The van der Waals surface area contributed by atoms with Gasteiger partial charge < -0.3 is 9.84 Å². The van der Waals surface area contributed by atoms with Gasteiger partial charge in [0.1, 0.15) is 5.41 Å². The van der Waals surface area contributed by atoms with Gasteiger partial charge >= 0.3 is 5.97 Å². The van der Waals surface area contributed by atoms with Crippen LogP contribution in [0.3, 0.4) is 0 Å². The first-order valence-corrected chi connectivity index (χ1v) is 8.17. The molecule has 0 saturated carbocycles. The lowest BCUT2D eigenvalue weighted by molar-refractivity contribution is -0.149. The fourth-order valence-electron chi connectivity index (χ4n) is 3.98. The zero-order valence-corrected chi connectivity index (χ0v) is 13.4. The fourth-order valence-corrected chi connectivity index (χ4v) is 4.23. The second-order valence-electron chi connectivity index (χ2n) is 6.63. The second-order valence-corrected chi connectivity index (χ2v) is 7.07. The first-order chi connectivity index (χ1) is 11.1. The Bertz CT molecular complexity index is 778. The van der Waals surface area contributed by atoms with E-state index in [4.69, 9.17) is 16.3 Å². The van der Waals surface area contributed by atoms with Crippen LogP contribution < -0.4 is 0 Å². The molecule has 2 saturated heterocycles. The molecule has 2 aliphatic rings. The van der Waals surface area contributed by atoms with Crippen LogP contribution in [0, 0.1) is 11.3 Å². The van der Waals surface area contributed by atoms with Crippen molar-refractivity contribution >= 4 is 28.3 Å². The molecule has 2 aromatic rings. The maximum Gasteiger partial charge on any atom is 0.313 e. The topological polar surface area (TPSA) is 49.8 Å². The van der Waals surface area contributed by atoms with Crippen LogP contribution in [-0.2, 0) is 16.1 Å². The summed E-state index contributed by atoms with van der Waals surface area (Å²) in [6.07, 6.45) is 0. The maximum atomic E-state index is 11.7. The number of rotatable bonds is 3. The summed E-state index contributed by atoms with van der Waals surface area (Å²) >= 11 is 6.25. The SMILES string of the molecule is O=C(O)[C@]12COC[C@H]1CN(Cc1cc(Cl)cc3ccccc13)C2. The molecule has 0 unspecified atom stereocenters. The lowest BCUT2D eigenvalue weighted by atomic mass is 9.81. The second kappa shape index (κ2) is 5.48. The highest BCUT2D eigenvalue weighted by Crippen LogP contribution is 2.42. The minimum Gasteiger partial charge on any atom is -0.481 e. The number of hydrogen-bond donors (Lipinski definition) is 1. The molecule has 5 heteroatoms. The lowest BCUT2D eigenvalue weighted by Crippen LogP contribution is -2.38. The molecule has 0 spiro atoms. The van der Waals surface area contributed by atoms with Gasteiger partial charge in [0.15, 0.2) is 0 Å². The van der Waals surface area contributed by atoms with E-state index >= 15 is 0 Å². The number of carboxylic acids is 1. The molecule has 0 radical (unpaired) electrons. The molecule has 0 aromatic heterocycles. The van der Waals surface area contributed by atoms with Crippen LogP contribution in [0.25, 0.3) is 10.8 Å². The van der Waals surface area contributed by atoms with E-state index in [1.807, 2.05) is 24.3 Å². The molecular formula is C18H18ClNO3. The van der Waals surface area contributed by atoms with Gasteiger partial charge in [-0.05, 0) is 28.5 Å². The van der Waals surface area contributed by atoms with E-state index in [1.54, 1.807) is 0 Å². The molecule has 4 rings (SSSR count). The lowest BCUT2D eigenvalue weighted by Gasteiger charge is -2.22. The van der Waals surface area contributed by atoms with Crippen LogP contribution in [0.4, 0.5) is 0 Å². The predicted octanol–water partition coefficient (Wildman–Crippen LogP) is 3.03. The number of benzene rings is 2. The Labute approximate surface area is 139 Å². The monoisotopic (exact) mass is 331 g/mol. The Morgan fingerprint density at radius 1 is 1.39 bits per heavy atom. The molecule has 120 valence electrons. The largest absolute Gasteiger partial charge is 0.481 e. The van der Waals surface area contributed by atoms with Gasteiger partial charge in [0.2, 0.25) is 0 Å². The zero-order valence-electron chi connectivity index (χ0n) is 12.7. The van der Waals surface area contributed by atoms with Crippen LogP contribution in [0.1, 0.15) is 5.56 Å². The molecule has 0 aliphatic carbocycles. The molecule has 0 bridgehead atoms. The number of carbonyl (C=O) groups is 1. The number of aliphatic carboxylic acids is 1. The van der Waals surface area contributed by atoms with Gasteiger partial charge in [-0.25, -0.2) is 0 Å². The summed E-state index contributed by atoms with van der Waals surface area (Å²) in [5.74, 6) is -0.663. The Morgan fingerprint density at radius 2 is 2.22 bits per heavy atom. The quantitative estimate of drug-likeness (QED) is 0.939. The van der Waals surface area contributed by atoms with Crippen molar-refractivity contribution < 1.29 is 14.6 Å². The highest BCUT2D eigenvalue weighted by atomic mass is 35.5. The first kappa shape index (κ1) is 14.9. The Morgan fingerprint density at radius 3 is 3.00 bits per heavy atom. The van der Waals surface area contributed by atoms with E-state index in [0.717, 1.165) is 22.5 Å². The van der Waals surface area contributed by atoms with Crippen LogP contribution in [0.2, 0.25) is 5.02 Å². The summed E-state index contributed by atoms with van der Waals surface area (Å²) in [7, 11) is 0. The number of halogens is 1. The minimum atomic E-state index is -0.742. The zero-order chi connectivity index (χ0) is 16.0. The van der Waals surface area contributed by atoms with Gasteiger partial charge in [-0.1, -0.05) is 35.9 Å². The summed E-state index contributed by atoms with van der Waals surface area (Å²) in [6, 6.07) is 12.1. The van der Waals surface area contributed by atoms with Gasteiger partial charge in [-0.3, -0.25) is 9.69 Å². The molecular weight excluding hydrogens is 314 g/mol. The third kappa shape index (κ3) is 2.42. The first-order valence-electron chi connectivity index (χ1n) is 7.79. The number of likely N-dealkylation sites (tertiary alicyclic amines) is 1. The van der Waals surface area contributed by atoms with E-state index in [-0.39, 0.29) is 5.92 Å². The molecule has 0 amide bonds. The number of carboxylic acid groups (broad SMARTS) is 1. The number of ether oxygens (including phenoxy) is 1. The van der Waals surface area contributed by atoms with E-state index in [2.05, 4.69) is 17.0 Å². The summed E-state index contributed by atoms with van der Waals surface area (Å²) in [6.45, 7) is 2.87. The fraction of sp³-hybridized carbons (Fsp3) is 0.389. The number of hydrogen-bond acceptors (Lipinski definition) is 3. The van der Waals surface area contributed by atoms with Crippen LogP contribution in [-0.4, -0.2) is 42.3 Å². The van der Waals surface area contributed by atoms with Crippen molar-refractivity contribution in [2.24, 2.45) is 11.3 Å². The molecule has 4 nitrogen and oxygen atoms in total. The average Bonchev–Trinajstić information content (AvgIpc) is 3.04. The maximum absolute atomic E-state index is 11.7. The van der Waals surface area contributed by atoms with E-state index in [0.29, 0.717) is 26.3 Å². The molecule has 2 aromatic carbocycles. The number of nitrogens with zero attached hydrogens (tertiary/aromatic N) is 1. The summed E-state index contributed by atoms with van der Waals surface area (Å²) in [5.41, 5.74) is 0.406. The van der Waals surface area contributed by atoms with Gasteiger partial charge in [-0.15, -0.1) is 0 Å². The Kier molecular flexibility index (Phi) is 3.56. The molecule has 23 heavy (non-hydrogen) atoms. The van der Waals surface area contributed by atoms with Crippen LogP contribution >= 0.6 is 11.6 Å². The van der Waals surface area contributed by atoms with Crippen molar-refractivity contribution in [3.8, 4) is 0 Å². The van der Waals surface area contributed by atoms with Crippen LogP contribution in [0.5, 0.6) is 0 Å². The normalized spacial score (nSPS) is 27.4. The van der Waals surface area contributed by atoms with E-state index in [9.17, 15) is 9.90 Å². The number of fused-ring (bicyclic) bond motifs is 2. The third-order valence-corrected chi connectivity index (χ3v) is 5.39. The molecule has 2 heterocycles. The minimum absolute atomic E-state index is 0.0745. The highest BCUT2D eigenvalue weighted by molar-refractivity contribution is 6.31. The smallest absolute Gasteiger partial charge is 0.313 e. The van der Waals surface area contributed by atoms with Gasteiger partial charge in [0.05, 0.1) is 13.2 Å². The van der Waals surface area contributed by atoms with Crippen LogP contribution in [0.15, 0.2) is 36.4 Å². The summed E-state index contributed by atoms with van der Waals surface area (Å²) in [4.78, 5) is 14.0. The highest BCUT2D eigenvalue weighted by Gasteiger charge is 2.56. The van der Waals surface area contributed by atoms with Crippen molar-refractivity contribution in [1.82, 2.24) is 4.90 Å². The van der Waals surface area contributed by atoms with Crippen molar-refractivity contribution in [2.75, 3.05) is 26.3 Å². The summed E-state index contributed by atoms with van der Waals surface area (Å²) < 4.78 is 5.44. The van der Waals surface area contributed by atoms with Gasteiger partial charge in [-0.2, -0.15) is 0 Å². The third-order valence-electron chi connectivity index (χ3n) is 5.18. The van der Waals surface area contributed by atoms with Gasteiger partial charge in [0.25, 0.3) is 0 Å². The van der Waals surface area contributed by atoms with Crippen molar-refractivity contribution in [1.29, 1.82) is 0 Å².